The SMILES string of the molecule is CC.CCC.Fc1cnc(Cl)c2ncc(OCC3CCC3)cc12. The van der Waals surface area contributed by atoms with E-state index in [2.05, 4.69) is 23.8 Å². The fourth-order valence-corrected chi connectivity index (χ4v) is 2.19. The first-order valence-corrected chi connectivity index (χ1v) is 8.76. The lowest BCUT2D eigenvalue weighted by atomic mass is 9.86. The molecule has 0 saturated heterocycles. The summed E-state index contributed by atoms with van der Waals surface area (Å²) in [7, 11) is 0. The molecular formula is C18H26ClFN2O. The minimum atomic E-state index is -0.434. The second kappa shape index (κ2) is 10.4. The van der Waals surface area contributed by atoms with E-state index in [1.165, 1.54) is 25.7 Å². The fourth-order valence-electron chi connectivity index (χ4n) is 1.99. The molecule has 0 amide bonds. The summed E-state index contributed by atoms with van der Waals surface area (Å²) in [5.41, 5.74) is 0.368. The lowest BCUT2D eigenvalue weighted by molar-refractivity contribution is 0.180. The van der Waals surface area contributed by atoms with Crippen molar-refractivity contribution < 1.29 is 9.13 Å². The summed E-state index contributed by atoms with van der Waals surface area (Å²) in [5.74, 6) is 0.776. The first-order chi connectivity index (χ1) is 11.2. The third-order valence-corrected chi connectivity index (χ3v) is 3.59. The van der Waals surface area contributed by atoms with Crippen LogP contribution in [0.2, 0.25) is 5.15 Å². The molecular weight excluding hydrogens is 315 g/mol. The van der Waals surface area contributed by atoms with Crippen molar-refractivity contribution in [2.24, 2.45) is 5.92 Å². The molecule has 2 aromatic rings. The molecule has 1 fully saturated rings. The van der Waals surface area contributed by atoms with Gasteiger partial charge in [-0.05, 0) is 24.8 Å². The lowest BCUT2D eigenvalue weighted by Gasteiger charge is -2.25. The van der Waals surface area contributed by atoms with Gasteiger partial charge in [-0.1, -0.05) is 52.1 Å². The highest BCUT2D eigenvalue weighted by Gasteiger charge is 2.18. The van der Waals surface area contributed by atoms with Gasteiger partial charge in [0.05, 0.1) is 19.0 Å². The molecule has 0 spiro atoms. The van der Waals surface area contributed by atoms with Crippen molar-refractivity contribution in [3.05, 3.63) is 29.4 Å². The zero-order valence-corrected chi connectivity index (χ0v) is 15.2. The van der Waals surface area contributed by atoms with Gasteiger partial charge in [0.2, 0.25) is 0 Å². The normalized spacial score (nSPS) is 13.3. The zero-order valence-electron chi connectivity index (χ0n) is 14.4. The van der Waals surface area contributed by atoms with Crippen LogP contribution < -0.4 is 4.74 Å². The molecule has 128 valence electrons. The molecule has 1 aliphatic carbocycles. The number of halogens is 2. The number of fused-ring (bicyclic) bond motifs is 1. The number of hydrogen-bond donors (Lipinski definition) is 0. The van der Waals surface area contributed by atoms with Crippen molar-refractivity contribution >= 4 is 22.5 Å². The third kappa shape index (κ3) is 5.61. The number of ether oxygens (including phenoxy) is 1. The van der Waals surface area contributed by atoms with E-state index in [1.54, 1.807) is 12.3 Å². The molecule has 2 heterocycles. The molecule has 0 unspecified atom stereocenters. The Balaban J connectivity index is 0.000000477. The largest absolute Gasteiger partial charge is 0.492 e. The molecule has 0 aliphatic heterocycles. The van der Waals surface area contributed by atoms with Crippen molar-refractivity contribution in [2.45, 2.75) is 53.4 Å². The van der Waals surface area contributed by atoms with E-state index >= 15 is 0 Å². The van der Waals surface area contributed by atoms with Crippen molar-refractivity contribution in [3.8, 4) is 5.75 Å². The Morgan fingerprint density at radius 1 is 1.22 bits per heavy atom. The van der Waals surface area contributed by atoms with E-state index in [0.717, 1.165) is 6.20 Å². The maximum absolute atomic E-state index is 13.6. The van der Waals surface area contributed by atoms with Crippen LogP contribution in [0.25, 0.3) is 10.9 Å². The van der Waals surface area contributed by atoms with E-state index in [0.29, 0.717) is 29.2 Å². The first-order valence-electron chi connectivity index (χ1n) is 8.38. The molecule has 1 saturated carbocycles. The topological polar surface area (TPSA) is 35.0 Å². The van der Waals surface area contributed by atoms with Crippen LogP contribution in [0.15, 0.2) is 18.5 Å². The number of nitrogens with zero attached hydrogens (tertiary/aromatic N) is 2. The van der Waals surface area contributed by atoms with Crippen LogP contribution in [-0.4, -0.2) is 16.6 Å². The Labute approximate surface area is 143 Å². The molecule has 0 aromatic carbocycles. The fraction of sp³-hybridized carbons (Fsp3) is 0.556. The second-order valence-electron chi connectivity index (χ2n) is 5.28. The molecule has 1 aliphatic rings. The summed E-state index contributed by atoms with van der Waals surface area (Å²) >= 11 is 5.86. The zero-order chi connectivity index (χ0) is 17.2. The second-order valence-corrected chi connectivity index (χ2v) is 5.64. The molecule has 5 heteroatoms. The van der Waals surface area contributed by atoms with Gasteiger partial charge in [0.25, 0.3) is 0 Å². The predicted octanol–water partition coefficient (Wildman–Crippen LogP) is 6.04. The monoisotopic (exact) mass is 340 g/mol. The first kappa shape index (κ1) is 19.6. The van der Waals surface area contributed by atoms with Crippen LogP contribution in [0.1, 0.15) is 53.4 Å². The van der Waals surface area contributed by atoms with E-state index in [1.807, 2.05) is 13.8 Å². The maximum atomic E-state index is 13.6. The highest BCUT2D eigenvalue weighted by molar-refractivity contribution is 6.33. The van der Waals surface area contributed by atoms with Gasteiger partial charge in [-0.3, -0.25) is 0 Å². The van der Waals surface area contributed by atoms with Gasteiger partial charge in [0.1, 0.15) is 11.3 Å². The predicted molar refractivity (Wildman–Crippen MR) is 94.7 cm³/mol. The Kier molecular flexibility index (Phi) is 8.85. The summed E-state index contributed by atoms with van der Waals surface area (Å²) in [5, 5.41) is 0.554. The van der Waals surface area contributed by atoms with Crippen LogP contribution >= 0.6 is 11.6 Å². The van der Waals surface area contributed by atoms with Crippen LogP contribution in [0.4, 0.5) is 4.39 Å². The number of aromatic nitrogens is 2. The summed E-state index contributed by atoms with van der Waals surface area (Å²) in [6.07, 6.45) is 7.62. The van der Waals surface area contributed by atoms with Crippen LogP contribution in [-0.2, 0) is 0 Å². The average molecular weight is 341 g/mol. The maximum Gasteiger partial charge on any atom is 0.155 e. The molecule has 0 bridgehead atoms. The lowest BCUT2D eigenvalue weighted by Crippen LogP contribution is -2.19. The summed E-state index contributed by atoms with van der Waals surface area (Å²) in [4.78, 5) is 7.82. The Bertz CT molecular complexity index is 603. The molecule has 23 heavy (non-hydrogen) atoms. The van der Waals surface area contributed by atoms with Gasteiger partial charge in [-0.2, -0.15) is 0 Å². The van der Waals surface area contributed by atoms with Crippen molar-refractivity contribution in [3.63, 3.8) is 0 Å². The van der Waals surface area contributed by atoms with E-state index in [4.69, 9.17) is 16.3 Å². The third-order valence-electron chi connectivity index (χ3n) is 3.32. The Morgan fingerprint density at radius 2 is 1.87 bits per heavy atom. The summed E-state index contributed by atoms with van der Waals surface area (Å²) in [6, 6.07) is 1.63. The van der Waals surface area contributed by atoms with Crippen molar-refractivity contribution in [1.82, 2.24) is 9.97 Å². The van der Waals surface area contributed by atoms with Gasteiger partial charge in [0.15, 0.2) is 11.0 Å². The average Bonchev–Trinajstić information content (AvgIpc) is 2.52. The van der Waals surface area contributed by atoms with Crippen LogP contribution in [0, 0.1) is 11.7 Å². The molecule has 0 atom stereocenters. The van der Waals surface area contributed by atoms with Gasteiger partial charge in [-0.25, -0.2) is 14.4 Å². The van der Waals surface area contributed by atoms with Crippen LogP contribution in [0.5, 0.6) is 5.75 Å². The van der Waals surface area contributed by atoms with Gasteiger partial charge >= 0.3 is 0 Å². The molecule has 3 nitrogen and oxygen atoms in total. The minimum Gasteiger partial charge on any atom is -0.492 e. The molecule has 3 rings (SSSR count). The number of rotatable bonds is 3. The molecule has 0 radical (unpaired) electrons. The van der Waals surface area contributed by atoms with Crippen molar-refractivity contribution in [1.29, 1.82) is 0 Å². The Hall–Kier alpha value is -1.42. The van der Waals surface area contributed by atoms with E-state index in [-0.39, 0.29) is 5.15 Å². The summed E-state index contributed by atoms with van der Waals surface area (Å²) < 4.78 is 19.2. The minimum absolute atomic E-state index is 0.206. The number of pyridine rings is 2. The number of hydrogen-bond acceptors (Lipinski definition) is 3. The standard InChI is InChI=1S/C13H12ClFN2O.C3H8.C2H6/c14-13-12-10(11(15)6-17-13)4-9(5-16-12)18-7-8-2-1-3-8;1-3-2;1-2/h4-6,8H,1-3,7H2;3H2,1-2H3;1-2H3. The quantitative estimate of drug-likeness (QED) is 0.638. The highest BCUT2D eigenvalue weighted by atomic mass is 35.5. The van der Waals surface area contributed by atoms with Crippen LogP contribution in [0.3, 0.4) is 0 Å². The molecule has 0 N–H and O–H groups in total. The van der Waals surface area contributed by atoms with Gasteiger partial charge in [-0.15, -0.1) is 0 Å². The van der Waals surface area contributed by atoms with E-state index < -0.39 is 5.82 Å². The smallest absolute Gasteiger partial charge is 0.155 e. The summed E-state index contributed by atoms with van der Waals surface area (Å²) in [6.45, 7) is 8.92. The highest BCUT2D eigenvalue weighted by Crippen LogP contribution is 2.29. The Morgan fingerprint density at radius 3 is 2.43 bits per heavy atom. The van der Waals surface area contributed by atoms with Gasteiger partial charge in [0, 0.05) is 5.39 Å². The van der Waals surface area contributed by atoms with Gasteiger partial charge < -0.3 is 4.74 Å². The van der Waals surface area contributed by atoms with Crippen molar-refractivity contribution in [2.75, 3.05) is 6.61 Å². The molecule has 2 aromatic heterocycles. The van der Waals surface area contributed by atoms with E-state index in [9.17, 15) is 4.39 Å².